The zero-order chi connectivity index (χ0) is 22.0. The third kappa shape index (κ3) is 4.53. The van der Waals surface area contributed by atoms with Crippen LogP contribution in [-0.4, -0.2) is 17.4 Å². The summed E-state index contributed by atoms with van der Waals surface area (Å²) >= 11 is -1.70. The summed E-state index contributed by atoms with van der Waals surface area (Å²) < 4.78 is 40.8. The minimum absolute atomic E-state index is 0.0806. The van der Waals surface area contributed by atoms with Gasteiger partial charge in [-0.25, -0.2) is 8.78 Å². The first-order valence-electron chi connectivity index (χ1n) is 9.47. The van der Waals surface area contributed by atoms with Gasteiger partial charge in [-0.05, 0) is 53.6 Å². The van der Waals surface area contributed by atoms with Gasteiger partial charge in [0.05, 0.1) is 18.3 Å². The molecule has 4 rings (SSSR count). The van der Waals surface area contributed by atoms with Gasteiger partial charge in [0.1, 0.15) is 23.0 Å². The Morgan fingerprint density at radius 1 is 1.03 bits per heavy atom. The van der Waals surface area contributed by atoms with Crippen molar-refractivity contribution in [1.82, 2.24) is 0 Å². The van der Waals surface area contributed by atoms with E-state index in [0.29, 0.717) is 28.8 Å². The van der Waals surface area contributed by atoms with E-state index in [9.17, 15) is 18.1 Å². The van der Waals surface area contributed by atoms with Crippen LogP contribution in [0, 0.1) is 23.5 Å². The molecule has 0 saturated carbocycles. The number of allylic oxidation sites excluding steroid dienone is 1. The van der Waals surface area contributed by atoms with Gasteiger partial charge in [-0.1, -0.05) is 36.1 Å². The molecule has 0 spiro atoms. The Kier molecular flexibility index (Phi) is 5.90. The van der Waals surface area contributed by atoms with Gasteiger partial charge in [0, 0.05) is 18.1 Å². The second-order valence-electron chi connectivity index (χ2n) is 6.98. The van der Waals surface area contributed by atoms with Crippen LogP contribution in [0.25, 0.3) is 6.08 Å². The molecule has 1 heterocycles. The summed E-state index contributed by atoms with van der Waals surface area (Å²) in [4.78, 5) is 13.2. The maximum absolute atomic E-state index is 13.5. The fourth-order valence-electron chi connectivity index (χ4n) is 3.23. The van der Waals surface area contributed by atoms with E-state index in [2.05, 4.69) is 11.8 Å². The van der Waals surface area contributed by atoms with E-state index >= 15 is 0 Å². The molecule has 1 aliphatic rings. The highest BCUT2D eigenvalue weighted by Crippen LogP contribution is 2.35. The van der Waals surface area contributed by atoms with Crippen molar-refractivity contribution in [2.75, 3.05) is 11.4 Å². The average molecular weight is 433 g/mol. The van der Waals surface area contributed by atoms with Gasteiger partial charge in [-0.3, -0.25) is 4.79 Å². The minimum atomic E-state index is -1.70. The lowest BCUT2D eigenvalue weighted by Gasteiger charge is -2.29. The standard InChI is InChI=1S/C25H17F2NO2S/c1-28-23-13-10-18(5-2-4-17-8-11-20(26)12-9-17)15-22(23)25(29)24(31(28)30)16-19-6-3-7-21(27)14-19/h3,6-16H,4H2,1H3/b24-16-. The third-order valence-electron chi connectivity index (χ3n) is 4.83. The summed E-state index contributed by atoms with van der Waals surface area (Å²) in [5.41, 5.74) is 2.92. The topological polar surface area (TPSA) is 43.4 Å². The first-order chi connectivity index (χ1) is 14.9. The fraction of sp³-hybridized carbons (Fsp3) is 0.0800. The molecule has 3 aromatic rings. The molecule has 0 amide bonds. The lowest BCUT2D eigenvalue weighted by Crippen LogP contribution is -2.36. The molecule has 0 radical (unpaired) electrons. The number of nitrogens with zero attached hydrogens (tertiary/aromatic N) is 1. The first kappa shape index (κ1) is 20.9. The van der Waals surface area contributed by atoms with Gasteiger partial charge < -0.3 is 4.55 Å². The quantitative estimate of drug-likeness (QED) is 0.328. The van der Waals surface area contributed by atoms with Crippen LogP contribution in [0.15, 0.2) is 71.6 Å². The van der Waals surface area contributed by atoms with E-state index < -0.39 is 17.2 Å². The van der Waals surface area contributed by atoms with Gasteiger partial charge in [-0.15, -0.1) is 0 Å². The number of anilines is 1. The number of Topliss-reactive ketones (excluding diaryl/α,β-unsaturated/α-hetero) is 1. The van der Waals surface area contributed by atoms with Crippen molar-refractivity contribution in [3.8, 4) is 11.8 Å². The Bertz CT molecular complexity index is 1240. The predicted molar refractivity (Wildman–Crippen MR) is 119 cm³/mol. The van der Waals surface area contributed by atoms with Crippen molar-refractivity contribution < 1.29 is 18.1 Å². The van der Waals surface area contributed by atoms with Crippen molar-refractivity contribution in [1.29, 1.82) is 0 Å². The minimum Gasteiger partial charge on any atom is -0.588 e. The van der Waals surface area contributed by atoms with Gasteiger partial charge in [0.25, 0.3) is 0 Å². The number of carbonyl (C=O) groups is 1. The highest BCUT2D eigenvalue weighted by molar-refractivity contribution is 7.97. The maximum atomic E-state index is 13.5. The lowest BCUT2D eigenvalue weighted by atomic mass is 10.0. The summed E-state index contributed by atoms with van der Waals surface area (Å²) in [6.07, 6.45) is 1.90. The molecule has 3 nitrogen and oxygen atoms in total. The van der Waals surface area contributed by atoms with Crippen LogP contribution in [0.3, 0.4) is 0 Å². The summed E-state index contributed by atoms with van der Waals surface area (Å²) in [6, 6.07) is 17.0. The molecule has 0 bridgehead atoms. The van der Waals surface area contributed by atoms with E-state index in [4.69, 9.17) is 0 Å². The zero-order valence-electron chi connectivity index (χ0n) is 16.6. The van der Waals surface area contributed by atoms with Gasteiger partial charge in [-0.2, -0.15) is 4.31 Å². The van der Waals surface area contributed by atoms with Crippen LogP contribution in [-0.2, 0) is 17.8 Å². The number of ketones is 1. The zero-order valence-corrected chi connectivity index (χ0v) is 17.4. The summed E-state index contributed by atoms with van der Waals surface area (Å²) in [6.45, 7) is 0. The SMILES string of the molecule is CN1c2ccc(C#CCc3ccc(F)cc3)cc2C(=O)/C(=C/c2cccc(F)c2)[S+]1[O-]. The van der Waals surface area contributed by atoms with Crippen molar-refractivity contribution in [2.24, 2.45) is 0 Å². The molecule has 0 aliphatic carbocycles. The number of hydrogen-bond donors (Lipinski definition) is 0. The van der Waals surface area contributed by atoms with E-state index in [1.807, 2.05) is 0 Å². The second kappa shape index (κ2) is 8.76. The van der Waals surface area contributed by atoms with E-state index in [1.54, 1.807) is 43.4 Å². The summed E-state index contributed by atoms with van der Waals surface area (Å²) in [5, 5.41) is 0. The fourth-order valence-corrected chi connectivity index (χ4v) is 4.37. The molecule has 1 atom stereocenters. The molecule has 6 heteroatoms. The van der Waals surface area contributed by atoms with Crippen molar-refractivity contribution in [3.05, 3.63) is 106 Å². The smallest absolute Gasteiger partial charge is 0.245 e. The van der Waals surface area contributed by atoms with Crippen molar-refractivity contribution in [2.45, 2.75) is 6.42 Å². The van der Waals surface area contributed by atoms with Gasteiger partial charge >= 0.3 is 0 Å². The maximum Gasteiger partial charge on any atom is 0.245 e. The Morgan fingerprint density at radius 3 is 2.55 bits per heavy atom. The number of rotatable bonds is 2. The molecular formula is C25H17F2NO2S. The van der Waals surface area contributed by atoms with Crippen LogP contribution >= 0.6 is 0 Å². The molecular weight excluding hydrogens is 416 g/mol. The number of hydrogen-bond acceptors (Lipinski definition) is 3. The average Bonchev–Trinajstić information content (AvgIpc) is 2.76. The Morgan fingerprint density at radius 2 is 1.81 bits per heavy atom. The molecule has 0 N–H and O–H groups in total. The Labute approximate surface area is 182 Å². The largest absolute Gasteiger partial charge is 0.588 e. The second-order valence-corrected chi connectivity index (χ2v) is 8.46. The molecule has 154 valence electrons. The number of fused-ring (bicyclic) bond motifs is 1. The lowest BCUT2D eigenvalue weighted by molar-refractivity contribution is 0.104. The predicted octanol–water partition coefficient (Wildman–Crippen LogP) is 4.90. The Hall–Kier alpha value is -3.40. The van der Waals surface area contributed by atoms with E-state index in [-0.39, 0.29) is 16.5 Å². The molecule has 3 aromatic carbocycles. The number of carbonyl (C=O) groups excluding carboxylic acids is 1. The van der Waals surface area contributed by atoms with Gasteiger partial charge in [0.2, 0.25) is 10.7 Å². The van der Waals surface area contributed by atoms with Crippen LogP contribution in [0.1, 0.15) is 27.0 Å². The molecule has 0 aromatic heterocycles. The van der Waals surface area contributed by atoms with E-state index in [0.717, 1.165) is 5.56 Å². The van der Waals surface area contributed by atoms with Crippen LogP contribution < -0.4 is 4.31 Å². The number of benzene rings is 3. The van der Waals surface area contributed by atoms with Crippen LogP contribution in [0.5, 0.6) is 0 Å². The van der Waals surface area contributed by atoms with Gasteiger partial charge in [0.15, 0.2) is 0 Å². The molecule has 1 aliphatic heterocycles. The summed E-state index contributed by atoms with van der Waals surface area (Å²) in [7, 11) is 1.64. The highest BCUT2D eigenvalue weighted by atomic mass is 32.2. The van der Waals surface area contributed by atoms with Crippen molar-refractivity contribution >= 4 is 28.9 Å². The summed E-state index contributed by atoms with van der Waals surface area (Å²) in [5.74, 6) is 4.93. The van der Waals surface area contributed by atoms with Crippen LogP contribution in [0.2, 0.25) is 0 Å². The van der Waals surface area contributed by atoms with E-state index in [1.165, 1.54) is 40.7 Å². The highest BCUT2D eigenvalue weighted by Gasteiger charge is 2.38. The normalized spacial score (nSPS) is 16.6. The third-order valence-corrected chi connectivity index (χ3v) is 6.20. The van der Waals surface area contributed by atoms with Crippen LogP contribution in [0.4, 0.5) is 14.5 Å². The van der Waals surface area contributed by atoms with Crippen molar-refractivity contribution in [3.63, 3.8) is 0 Å². The molecule has 0 saturated heterocycles. The number of halogens is 2. The first-order valence-corrected chi connectivity index (χ1v) is 10.6. The Balaban J connectivity index is 1.64. The molecule has 31 heavy (non-hydrogen) atoms. The molecule has 1 unspecified atom stereocenters. The molecule has 0 fully saturated rings. The monoisotopic (exact) mass is 433 g/mol.